The first-order chi connectivity index (χ1) is 18.3. The van der Waals surface area contributed by atoms with Crippen molar-refractivity contribution in [2.24, 2.45) is 5.73 Å². The Morgan fingerprint density at radius 2 is 1.77 bits per heavy atom. The average Bonchev–Trinajstić information content (AvgIpc) is 3.35. The zero-order valence-electron chi connectivity index (χ0n) is 19.8. The third-order valence-electron chi connectivity index (χ3n) is 5.44. The van der Waals surface area contributed by atoms with E-state index in [0.717, 1.165) is 17.2 Å². The Hall–Kier alpha value is -1.74. The van der Waals surface area contributed by atoms with Gasteiger partial charge in [0.2, 0.25) is 0 Å². The molecule has 2 aromatic rings. The molecule has 9 atom stereocenters. The molecule has 1 fully saturated rings. The number of aromatic nitrogens is 4. The first-order valence-electron chi connectivity index (χ1n) is 10.7. The lowest BCUT2D eigenvalue weighted by Crippen LogP contribution is -2.44. The normalized spacial score (nSPS) is 27.1. The summed E-state index contributed by atoms with van der Waals surface area (Å²) in [6.45, 7) is 0. The average molecular weight is 654 g/mol. The van der Waals surface area contributed by atoms with Gasteiger partial charge in [-0.25, -0.2) is 28.4 Å². The van der Waals surface area contributed by atoms with Gasteiger partial charge in [0.15, 0.2) is 17.7 Å². The Labute approximate surface area is 226 Å². The zero-order chi connectivity index (χ0) is 30.2. The van der Waals surface area contributed by atoms with Crippen molar-refractivity contribution in [1.29, 1.82) is 0 Å². The molecular weight excluding hydrogens is 629 g/mol. The molecule has 1 aliphatic rings. The molecule has 0 saturated carbocycles. The molecule has 0 aliphatic carbocycles. The highest BCUT2D eigenvalue weighted by Crippen LogP contribution is 2.66. The largest absolute Gasteiger partial charge is 0.488 e. The fraction of sp³-hybridized carbons (Fsp3) is 0.600. The van der Waals surface area contributed by atoms with Gasteiger partial charge in [-0.15, -0.1) is 0 Å². The molecule has 40 heavy (non-hydrogen) atoms. The van der Waals surface area contributed by atoms with Crippen LogP contribution in [0.2, 0.25) is 0 Å². The Bertz CT molecular complexity index is 1420. The fourth-order valence-corrected chi connectivity index (χ4v) is 9.93. The number of nitrogens with zero attached hydrogens (tertiary/aromatic N) is 4. The predicted octanol–water partition coefficient (Wildman–Crippen LogP) is -2.64. The maximum Gasteiger partial charge on any atom is 0.488 e. The summed E-state index contributed by atoms with van der Waals surface area (Å²) in [5.41, 5.74) is 11.3. The number of aliphatic hydroxyl groups is 2. The Kier molecular flexibility index (Phi) is 10.0. The number of hydrogen-bond donors (Lipinski definition) is 9. The summed E-state index contributed by atoms with van der Waals surface area (Å²) in [7, 11) is -19.4. The number of carbonyl (C=O) groups is 1. The maximum atomic E-state index is 13.2. The van der Waals surface area contributed by atoms with E-state index >= 15 is 0 Å². The van der Waals surface area contributed by atoms with Crippen LogP contribution >= 0.6 is 23.2 Å². The molecule has 226 valence electrons. The van der Waals surface area contributed by atoms with Crippen LogP contribution in [-0.2, 0) is 42.6 Å². The van der Waals surface area contributed by atoms with Crippen LogP contribution in [-0.4, -0.2) is 106 Å². The van der Waals surface area contributed by atoms with Crippen LogP contribution in [0.15, 0.2) is 12.7 Å². The van der Waals surface area contributed by atoms with Gasteiger partial charge in [-0.1, -0.05) is 0 Å². The van der Waals surface area contributed by atoms with Crippen molar-refractivity contribution >= 4 is 57.0 Å². The van der Waals surface area contributed by atoms with E-state index in [-0.39, 0.29) is 17.0 Å². The smallest absolute Gasteiger partial charge is 0.480 e. The number of aliphatic carboxylic acids is 1. The second-order valence-corrected chi connectivity index (χ2v) is 15.0. The number of aliphatic hydroxyl groups excluding tert-OH is 2. The minimum Gasteiger partial charge on any atom is -0.480 e. The molecule has 0 bridgehead atoms. The first kappa shape index (κ1) is 32.8. The second kappa shape index (κ2) is 12.2. The number of anilines is 1. The summed E-state index contributed by atoms with van der Waals surface area (Å²) in [5.74, 6) is -2.05. The molecule has 3 heterocycles. The van der Waals surface area contributed by atoms with E-state index in [1.54, 1.807) is 0 Å². The third kappa shape index (κ3) is 7.96. The number of nitrogens with two attached hydrogens (primary N) is 2. The lowest BCUT2D eigenvalue weighted by atomic mass is 10.1. The molecule has 2 aromatic heterocycles. The van der Waals surface area contributed by atoms with E-state index in [4.69, 9.17) is 31.1 Å². The van der Waals surface area contributed by atoms with E-state index in [0.29, 0.717) is 0 Å². The molecule has 1 saturated heterocycles. The van der Waals surface area contributed by atoms with E-state index < -0.39 is 94.2 Å². The number of phosphoric acid groups is 2. The van der Waals surface area contributed by atoms with Crippen LogP contribution in [0.25, 0.3) is 11.2 Å². The first-order valence-corrected chi connectivity index (χ1v) is 16.9. The lowest BCUT2D eigenvalue weighted by molar-refractivity contribution is -0.138. The highest BCUT2D eigenvalue weighted by atomic mass is 32.2. The number of nitrogen functional groups attached to an aromatic ring is 1. The number of rotatable bonds is 13. The standard InChI is InChI=1S/C15H25N6O15P3S/c16-6(15(24)25)1-2-40(33)7(3-37(26,27)35-39(31,32)36-38(28,29)30)11-9(22)10(23)14(34-11)21-5-20-8-12(17)18-4-19-13(8)21/h4-7,9-11,14,22-23H,1-3,16H2,(H,24,25)(H,26,27)(H,31,32)(H2,17,18,19)(H2,28,29,30)/t6?,7?,9-,10+,11+,14+,40?/m0/s1. The summed E-state index contributed by atoms with van der Waals surface area (Å²) < 4.78 is 63.0. The fourth-order valence-electron chi connectivity index (χ4n) is 3.70. The number of imidazole rings is 1. The maximum absolute atomic E-state index is 13.2. The van der Waals surface area contributed by atoms with Gasteiger partial charge in [0.25, 0.3) is 0 Å². The van der Waals surface area contributed by atoms with Crippen LogP contribution < -0.4 is 11.5 Å². The van der Waals surface area contributed by atoms with Gasteiger partial charge in [-0.3, -0.25) is 18.1 Å². The lowest BCUT2D eigenvalue weighted by Gasteiger charge is -2.27. The predicted molar refractivity (Wildman–Crippen MR) is 131 cm³/mol. The van der Waals surface area contributed by atoms with Gasteiger partial charge in [0, 0.05) is 16.6 Å². The molecule has 5 unspecified atom stereocenters. The topological polar surface area (TPSA) is 350 Å². The molecule has 3 rings (SSSR count). The van der Waals surface area contributed by atoms with E-state index in [1.165, 1.54) is 0 Å². The van der Waals surface area contributed by atoms with Crippen LogP contribution in [0.5, 0.6) is 0 Å². The van der Waals surface area contributed by atoms with Gasteiger partial charge in [-0.2, -0.15) is 4.31 Å². The highest BCUT2D eigenvalue weighted by molar-refractivity contribution is 7.86. The summed E-state index contributed by atoms with van der Waals surface area (Å²) >= 11 is 0. The van der Waals surface area contributed by atoms with Crippen molar-refractivity contribution in [2.75, 3.05) is 17.6 Å². The van der Waals surface area contributed by atoms with Crippen LogP contribution in [0.3, 0.4) is 0 Å². The number of ether oxygens (including phenoxy) is 1. The highest BCUT2D eigenvalue weighted by Gasteiger charge is 2.52. The van der Waals surface area contributed by atoms with Gasteiger partial charge in [-0.05, 0) is 6.42 Å². The van der Waals surface area contributed by atoms with Crippen molar-refractivity contribution in [2.45, 2.75) is 42.3 Å². The molecule has 25 heteroatoms. The zero-order valence-corrected chi connectivity index (χ0v) is 23.3. The van der Waals surface area contributed by atoms with Crippen LogP contribution in [0, 0.1) is 0 Å². The molecule has 1 aliphatic heterocycles. The quantitative estimate of drug-likeness (QED) is 0.0996. The van der Waals surface area contributed by atoms with Crippen molar-refractivity contribution in [3.63, 3.8) is 0 Å². The molecule has 0 radical (unpaired) electrons. The molecule has 11 N–H and O–H groups in total. The molecule has 0 amide bonds. The SMILES string of the molecule is Nc1ncnc2c1ncn2[C@@H]1O[C@H](C(CP(=O)(O)OP(=O)(O)OP(=O)(O)O)S(=O)CCC(N)C(=O)O)[C@@H](O)[C@H]1O. The Morgan fingerprint density at radius 3 is 2.38 bits per heavy atom. The number of fused-ring (bicyclic) bond motifs is 1. The van der Waals surface area contributed by atoms with Gasteiger partial charge >= 0.3 is 29.2 Å². The second-order valence-electron chi connectivity index (χ2n) is 8.35. The van der Waals surface area contributed by atoms with Crippen molar-refractivity contribution in [3.05, 3.63) is 12.7 Å². The van der Waals surface area contributed by atoms with E-state index in [1.807, 2.05) is 0 Å². The molecule has 21 nitrogen and oxygen atoms in total. The van der Waals surface area contributed by atoms with E-state index in [2.05, 4.69) is 23.6 Å². The minimum atomic E-state index is -5.87. The van der Waals surface area contributed by atoms with Crippen molar-refractivity contribution in [3.8, 4) is 0 Å². The van der Waals surface area contributed by atoms with Gasteiger partial charge in [0.05, 0.1) is 17.7 Å². The molecular formula is C15H25N6O15P3S. The monoisotopic (exact) mass is 654 g/mol. The number of hydrogen-bond acceptors (Lipinski definition) is 15. The van der Waals surface area contributed by atoms with Gasteiger partial charge < -0.3 is 51.1 Å². The molecule has 0 aromatic carbocycles. The third-order valence-corrected chi connectivity index (χ3v) is 11.8. The number of carboxylic acid groups (broad SMARTS) is 1. The van der Waals surface area contributed by atoms with Crippen molar-refractivity contribution < 1.29 is 70.9 Å². The number of carboxylic acids is 1. The van der Waals surface area contributed by atoms with Gasteiger partial charge in [0.1, 0.15) is 36.2 Å². The Morgan fingerprint density at radius 1 is 1.12 bits per heavy atom. The summed E-state index contributed by atoms with van der Waals surface area (Å²) in [4.78, 5) is 60.0. The minimum absolute atomic E-state index is 0.0357. The Balaban J connectivity index is 1.93. The summed E-state index contributed by atoms with van der Waals surface area (Å²) in [6, 6.07) is -1.51. The summed E-state index contributed by atoms with van der Waals surface area (Å²) in [5, 5.41) is 28.6. The van der Waals surface area contributed by atoms with Crippen molar-refractivity contribution in [1.82, 2.24) is 19.5 Å². The summed E-state index contributed by atoms with van der Waals surface area (Å²) in [6.07, 6.45) is -6.62. The van der Waals surface area contributed by atoms with E-state index in [9.17, 15) is 42.7 Å². The van der Waals surface area contributed by atoms with Crippen LogP contribution in [0.1, 0.15) is 12.6 Å². The van der Waals surface area contributed by atoms with Crippen LogP contribution in [0.4, 0.5) is 5.82 Å². The molecule has 0 spiro atoms.